The number of phenols is 1. The second kappa shape index (κ2) is 4.85. The molecule has 16 heavy (non-hydrogen) atoms. The molecule has 5 nitrogen and oxygen atoms in total. The van der Waals surface area contributed by atoms with Crippen LogP contribution >= 0.6 is 12.4 Å². The molecule has 0 unspecified atom stereocenters. The third kappa shape index (κ3) is 2.25. The number of guanidine groups is 1. The Hall–Kier alpha value is -1.75. The second-order valence-corrected chi connectivity index (χ2v) is 3.37. The number of nitrogens with two attached hydrogens (primary N) is 2. The Morgan fingerprint density at radius 2 is 2.00 bits per heavy atom. The van der Waals surface area contributed by atoms with Crippen molar-refractivity contribution in [3.63, 3.8) is 0 Å². The van der Waals surface area contributed by atoms with Crippen molar-refractivity contribution in [2.24, 2.45) is 21.7 Å². The Morgan fingerprint density at radius 1 is 1.25 bits per heavy atom. The van der Waals surface area contributed by atoms with Crippen LogP contribution in [0.5, 0.6) is 5.75 Å². The van der Waals surface area contributed by atoms with Crippen LogP contribution in [0.2, 0.25) is 0 Å². The fourth-order valence-corrected chi connectivity index (χ4v) is 1.71. The van der Waals surface area contributed by atoms with Gasteiger partial charge in [0, 0.05) is 11.1 Å². The Labute approximate surface area is 99.3 Å². The molecule has 2 rings (SSSR count). The van der Waals surface area contributed by atoms with E-state index >= 15 is 0 Å². The van der Waals surface area contributed by atoms with Crippen molar-refractivity contribution < 1.29 is 5.11 Å². The average molecular weight is 241 g/mol. The smallest absolute Gasteiger partial charge is 0.211 e. The van der Waals surface area contributed by atoms with Gasteiger partial charge in [-0.2, -0.15) is 5.10 Å². The molecule has 0 saturated heterocycles. The molecular formula is C10H13ClN4O. The molecule has 1 aromatic rings. The fourth-order valence-electron chi connectivity index (χ4n) is 1.71. The van der Waals surface area contributed by atoms with Gasteiger partial charge in [-0.05, 0) is 18.9 Å². The molecule has 1 aromatic carbocycles. The van der Waals surface area contributed by atoms with E-state index in [0.29, 0.717) is 5.75 Å². The third-order valence-corrected chi connectivity index (χ3v) is 2.36. The third-order valence-electron chi connectivity index (χ3n) is 2.36. The van der Waals surface area contributed by atoms with Crippen molar-refractivity contribution in [3.8, 4) is 5.75 Å². The van der Waals surface area contributed by atoms with E-state index in [9.17, 15) is 5.11 Å². The molecule has 0 radical (unpaired) electrons. The minimum atomic E-state index is -0.0592. The predicted molar refractivity (Wildman–Crippen MR) is 66.0 cm³/mol. The second-order valence-electron chi connectivity index (χ2n) is 3.37. The first-order valence-corrected chi connectivity index (χ1v) is 4.65. The summed E-state index contributed by atoms with van der Waals surface area (Å²) >= 11 is 0. The first-order valence-electron chi connectivity index (χ1n) is 4.65. The van der Waals surface area contributed by atoms with E-state index in [4.69, 9.17) is 11.5 Å². The van der Waals surface area contributed by atoms with E-state index in [2.05, 4.69) is 10.2 Å². The molecule has 1 aliphatic rings. The summed E-state index contributed by atoms with van der Waals surface area (Å²) in [5.74, 6) is 0.249. The lowest BCUT2D eigenvalue weighted by Gasteiger charge is -2.00. The van der Waals surface area contributed by atoms with Gasteiger partial charge in [0.1, 0.15) is 5.75 Å². The molecule has 0 fully saturated rings. The first kappa shape index (κ1) is 12.3. The van der Waals surface area contributed by atoms with Gasteiger partial charge in [0.25, 0.3) is 0 Å². The number of aromatic hydroxyl groups is 1. The Morgan fingerprint density at radius 3 is 2.69 bits per heavy atom. The molecule has 5 N–H and O–H groups in total. The number of nitrogens with zero attached hydrogens (tertiary/aromatic N) is 2. The Bertz CT molecular complexity index is 452. The maximum absolute atomic E-state index is 9.59. The van der Waals surface area contributed by atoms with Gasteiger partial charge in [-0.1, -0.05) is 12.1 Å². The summed E-state index contributed by atoms with van der Waals surface area (Å²) in [7, 11) is 0. The maximum Gasteiger partial charge on any atom is 0.211 e. The zero-order valence-electron chi connectivity index (χ0n) is 8.55. The molecule has 86 valence electrons. The van der Waals surface area contributed by atoms with Crippen LogP contribution in [0.25, 0.3) is 0 Å². The first-order chi connectivity index (χ1) is 7.18. The summed E-state index contributed by atoms with van der Waals surface area (Å²) < 4.78 is 0. The number of benzene rings is 1. The van der Waals surface area contributed by atoms with Crippen LogP contribution in [0, 0.1) is 0 Å². The topological polar surface area (TPSA) is 97.0 Å². The van der Waals surface area contributed by atoms with E-state index in [0.717, 1.165) is 29.7 Å². The maximum atomic E-state index is 9.59. The van der Waals surface area contributed by atoms with Crippen molar-refractivity contribution >= 4 is 24.1 Å². The van der Waals surface area contributed by atoms with Gasteiger partial charge in [0.15, 0.2) is 0 Å². The summed E-state index contributed by atoms with van der Waals surface area (Å²) in [6.07, 6.45) is 1.53. The van der Waals surface area contributed by atoms with Crippen LogP contribution in [0.1, 0.15) is 17.5 Å². The van der Waals surface area contributed by atoms with E-state index in [1.54, 1.807) is 12.1 Å². The summed E-state index contributed by atoms with van der Waals surface area (Å²) in [4.78, 5) is 0. The van der Waals surface area contributed by atoms with Gasteiger partial charge < -0.3 is 16.6 Å². The molecule has 0 heterocycles. The lowest BCUT2D eigenvalue weighted by molar-refractivity contribution is 0.469. The molecule has 0 bridgehead atoms. The zero-order valence-corrected chi connectivity index (χ0v) is 9.37. The summed E-state index contributed by atoms with van der Waals surface area (Å²) in [6.45, 7) is 0. The highest BCUT2D eigenvalue weighted by molar-refractivity contribution is 6.05. The van der Waals surface area contributed by atoms with Gasteiger partial charge in [-0.15, -0.1) is 17.5 Å². The van der Waals surface area contributed by atoms with Gasteiger partial charge >= 0.3 is 0 Å². The van der Waals surface area contributed by atoms with Crippen LogP contribution in [0.15, 0.2) is 28.4 Å². The molecule has 6 heteroatoms. The lowest BCUT2D eigenvalue weighted by Crippen LogP contribution is -2.22. The zero-order chi connectivity index (χ0) is 10.8. The lowest BCUT2D eigenvalue weighted by atomic mass is 10.1. The normalized spacial score (nSPS) is 15.4. The number of hydrogen-bond donors (Lipinski definition) is 3. The highest BCUT2D eigenvalue weighted by Gasteiger charge is 2.20. The molecule has 1 aliphatic carbocycles. The van der Waals surface area contributed by atoms with Crippen LogP contribution in [0.4, 0.5) is 0 Å². The largest absolute Gasteiger partial charge is 0.508 e. The highest BCUT2D eigenvalue weighted by atomic mass is 35.5. The minimum Gasteiger partial charge on any atom is -0.508 e. The SMILES string of the molecule is Cl.NC(N)=NN=C1CCc2c(O)cccc21. The van der Waals surface area contributed by atoms with E-state index in [1.807, 2.05) is 6.07 Å². The summed E-state index contributed by atoms with van der Waals surface area (Å²) in [5.41, 5.74) is 13.0. The molecule has 0 saturated carbocycles. The van der Waals surface area contributed by atoms with Crippen molar-refractivity contribution in [1.82, 2.24) is 0 Å². The van der Waals surface area contributed by atoms with Gasteiger partial charge in [0.2, 0.25) is 5.96 Å². The molecule has 0 amide bonds. The summed E-state index contributed by atoms with van der Waals surface area (Å²) in [5, 5.41) is 17.1. The number of rotatable bonds is 1. The van der Waals surface area contributed by atoms with E-state index in [-0.39, 0.29) is 18.4 Å². The van der Waals surface area contributed by atoms with Crippen LogP contribution in [-0.2, 0) is 6.42 Å². The summed E-state index contributed by atoms with van der Waals surface area (Å²) in [6, 6.07) is 5.36. The van der Waals surface area contributed by atoms with Crippen LogP contribution in [-0.4, -0.2) is 16.8 Å². The number of hydrogen-bond acceptors (Lipinski definition) is 3. The van der Waals surface area contributed by atoms with E-state index in [1.165, 1.54) is 0 Å². The van der Waals surface area contributed by atoms with Crippen molar-refractivity contribution in [2.45, 2.75) is 12.8 Å². The van der Waals surface area contributed by atoms with E-state index < -0.39 is 0 Å². The Kier molecular flexibility index (Phi) is 3.73. The Balaban J connectivity index is 0.00000128. The van der Waals surface area contributed by atoms with Crippen molar-refractivity contribution in [2.75, 3.05) is 0 Å². The number of halogens is 1. The minimum absolute atomic E-state index is 0. The molecule has 0 aliphatic heterocycles. The molecule has 0 atom stereocenters. The molecule has 0 spiro atoms. The highest BCUT2D eigenvalue weighted by Crippen LogP contribution is 2.29. The van der Waals surface area contributed by atoms with Gasteiger partial charge in [0.05, 0.1) is 5.71 Å². The fraction of sp³-hybridized carbons (Fsp3) is 0.200. The van der Waals surface area contributed by atoms with Gasteiger partial charge in [-0.3, -0.25) is 0 Å². The monoisotopic (exact) mass is 240 g/mol. The predicted octanol–water partition coefficient (Wildman–Crippen LogP) is 0.738. The molecular weight excluding hydrogens is 228 g/mol. The standard InChI is InChI=1S/C10H12N4O.ClH/c11-10(12)14-13-8-5-4-7-6(8)2-1-3-9(7)15;/h1-3,15H,4-5H2,(H4,11,12,14);1H. The van der Waals surface area contributed by atoms with Crippen molar-refractivity contribution in [3.05, 3.63) is 29.3 Å². The van der Waals surface area contributed by atoms with Crippen molar-refractivity contribution in [1.29, 1.82) is 0 Å². The number of fused-ring (bicyclic) bond motifs is 1. The van der Waals surface area contributed by atoms with Gasteiger partial charge in [-0.25, -0.2) is 0 Å². The van der Waals surface area contributed by atoms with Crippen LogP contribution < -0.4 is 11.5 Å². The van der Waals surface area contributed by atoms with Crippen LogP contribution in [0.3, 0.4) is 0 Å². The quantitative estimate of drug-likeness (QED) is 0.384. The average Bonchev–Trinajstić information content (AvgIpc) is 2.59. The molecule has 0 aromatic heterocycles. The number of phenolic OH excluding ortho intramolecular Hbond substituents is 1.